The fraction of sp³-hybridized carbons (Fsp3) is 0.227. The summed E-state index contributed by atoms with van der Waals surface area (Å²) in [5, 5.41) is 3.30. The normalized spacial score (nSPS) is 14.5. The highest BCUT2D eigenvalue weighted by atomic mass is 35.5. The molecule has 1 aromatic carbocycles. The van der Waals surface area contributed by atoms with Gasteiger partial charge in [0.15, 0.2) is 0 Å². The van der Waals surface area contributed by atoms with Crippen LogP contribution >= 0.6 is 22.9 Å². The van der Waals surface area contributed by atoms with Crippen LogP contribution in [0.3, 0.4) is 0 Å². The molecule has 0 atom stereocenters. The lowest BCUT2D eigenvalue weighted by atomic mass is 9.96. The quantitative estimate of drug-likeness (QED) is 0.610. The van der Waals surface area contributed by atoms with Crippen LogP contribution in [0.4, 0.5) is 10.2 Å². The van der Waals surface area contributed by atoms with Crippen LogP contribution in [0.1, 0.15) is 22.5 Å². The van der Waals surface area contributed by atoms with Gasteiger partial charge < -0.3 is 10.2 Å². The van der Waals surface area contributed by atoms with Crippen molar-refractivity contribution in [2.24, 2.45) is 5.92 Å². The predicted molar refractivity (Wildman–Crippen MR) is 116 cm³/mol. The minimum absolute atomic E-state index is 0.0826. The summed E-state index contributed by atoms with van der Waals surface area (Å²) in [6.07, 6.45) is 2.64. The van der Waals surface area contributed by atoms with E-state index in [0.717, 1.165) is 4.88 Å². The van der Waals surface area contributed by atoms with Crippen molar-refractivity contribution in [3.63, 3.8) is 0 Å². The van der Waals surface area contributed by atoms with E-state index in [9.17, 15) is 14.0 Å². The second-order valence-corrected chi connectivity index (χ2v) is 8.58. The van der Waals surface area contributed by atoms with Crippen LogP contribution in [0.25, 0.3) is 10.4 Å². The summed E-state index contributed by atoms with van der Waals surface area (Å²) in [4.78, 5) is 32.4. The molecule has 8 heteroatoms. The van der Waals surface area contributed by atoms with E-state index in [4.69, 9.17) is 11.6 Å². The molecule has 154 valence electrons. The summed E-state index contributed by atoms with van der Waals surface area (Å²) in [6, 6.07) is 13.4. The number of benzene rings is 1. The smallest absolute Gasteiger partial charge is 0.263 e. The van der Waals surface area contributed by atoms with Gasteiger partial charge in [0.2, 0.25) is 5.91 Å². The van der Waals surface area contributed by atoms with E-state index in [2.05, 4.69) is 10.3 Å². The Labute approximate surface area is 182 Å². The molecule has 1 N–H and O–H groups in total. The number of rotatable bonds is 4. The van der Waals surface area contributed by atoms with E-state index in [1.165, 1.54) is 23.6 Å². The first-order valence-corrected chi connectivity index (χ1v) is 10.8. The molecule has 0 radical (unpaired) electrons. The summed E-state index contributed by atoms with van der Waals surface area (Å²) in [6.45, 7) is 0.996. The number of amides is 2. The number of aromatic nitrogens is 1. The third kappa shape index (κ3) is 4.52. The van der Waals surface area contributed by atoms with Crippen molar-refractivity contribution in [2.75, 3.05) is 18.4 Å². The van der Waals surface area contributed by atoms with Crippen LogP contribution in [0, 0.1) is 11.7 Å². The van der Waals surface area contributed by atoms with Gasteiger partial charge in [-0.3, -0.25) is 9.59 Å². The van der Waals surface area contributed by atoms with Gasteiger partial charge in [-0.25, -0.2) is 9.37 Å². The first-order chi connectivity index (χ1) is 14.5. The molecule has 1 fully saturated rings. The molecule has 30 heavy (non-hydrogen) atoms. The Bertz CT molecular complexity index is 1060. The molecule has 3 heterocycles. The highest BCUT2D eigenvalue weighted by Gasteiger charge is 2.28. The van der Waals surface area contributed by atoms with Gasteiger partial charge in [0.05, 0.1) is 9.90 Å². The largest absolute Gasteiger partial charge is 0.338 e. The predicted octanol–water partition coefficient (Wildman–Crippen LogP) is 5.09. The number of hydrogen-bond donors (Lipinski definition) is 1. The topological polar surface area (TPSA) is 62.3 Å². The maximum Gasteiger partial charge on any atom is 0.263 e. The third-order valence-electron chi connectivity index (χ3n) is 5.09. The highest BCUT2D eigenvalue weighted by molar-refractivity contribution is 7.17. The number of hydrogen-bond acceptors (Lipinski definition) is 4. The van der Waals surface area contributed by atoms with Crippen LogP contribution < -0.4 is 5.32 Å². The maximum atomic E-state index is 14.0. The van der Waals surface area contributed by atoms with E-state index in [1.54, 1.807) is 47.4 Å². The van der Waals surface area contributed by atoms with E-state index in [0.29, 0.717) is 47.2 Å². The second-order valence-electron chi connectivity index (χ2n) is 7.06. The molecule has 1 aliphatic rings. The van der Waals surface area contributed by atoms with E-state index in [-0.39, 0.29) is 23.5 Å². The maximum absolute atomic E-state index is 14.0. The van der Waals surface area contributed by atoms with Crippen molar-refractivity contribution < 1.29 is 14.0 Å². The first kappa shape index (κ1) is 20.5. The van der Waals surface area contributed by atoms with E-state index in [1.807, 2.05) is 0 Å². The Hall–Kier alpha value is -2.77. The summed E-state index contributed by atoms with van der Waals surface area (Å²) in [5.74, 6) is -0.206. The van der Waals surface area contributed by atoms with Gasteiger partial charge in [0, 0.05) is 35.6 Å². The summed E-state index contributed by atoms with van der Waals surface area (Å²) < 4.78 is 14.0. The number of anilines is 1. The van der Waals surface area contributed by atoms with Crippen LogP contribution in [-0.2, 0) is 4.79 Å². The molecule has 3 aromatic rings. The fourth-order valence-corrected chi connectivity index (χ4v) is 4.55. The molecule has 4 rings (SSSR count). The Morgan fingerprint density at radius 1 is 1.10 bits per heavy atom. The lowest BCUT2D eigenvalue weighted by molar-refractivity contribution is -0.121. The molecular weight excluding hydrogens is 425 g/mol. The average Bonchev–Trinajstić information content (AvgIpc) is 3.25. The van der Waals surface area contributed by atoms with Crippen LogP contribution in [0.5, 0.6) is 0 Å². The minimum atomic E-state index is -0.305. The number of halogens is 2. The number of nitrogens with zero attached hydrogens (tertiary/aromatic N) is 2. The number of pyridine rings is 1. The number of likely N-dealkylation sites (tertiary alicyclic amines) is 1. The van der Waals surface area contributed by atoms with Gasteiger partial charge in [-0.2, -0.15) is 0 Å². The van der Waals surface area contributed by atoms with Gasteiger partial charge in [0.25, 0.3) is 5.91 Å². The molecular formula is C22H19ClFN3O2S. The van der Waals surface area contributed by atoms with Gasteiger partial charge in [-0.15, -0.1) is 11.3 Å². The molecule has 0 aliphatic carbocycles. The van der Waals surface area contributed by atoms with E-state index < -0.39 is 0 Å². The zero-order valence-corrected chi connectivity index (χ0v) is 17.5. The van der Waals surface area contributed by atoms with Gasteiger partial charge in [-0.1, -0.05) is 29.8 Å². The lowest BCUT2D eigenvalue weighted by Crippen LogP contribution is -2.41. The number of carbonyl (C=O) groups excluding carboxylic acids is 2. The molecule has 0 bridgehead atoms. The zero-order valence-electron chi connectivity index (χ0n) is 16.0. The standard InChI is InChI=1S/C22H19ClFN3O2S/c23-15-5-8-20(25-13-15)26-21(28)14-9-11-27(12-10-14)22(29)19-7-6-18(30-19)16-3-1-2-4-17(16)24/h1-8,13-14H,9-12H2,(H,25,26,28). The second kappa shape index (κ2) is 8.93. The van der Waals surface area contributed by atoms with Gasteiger partial charge in [0.1, 0.15) is 11.6 Å². The number of thiophene rings is 1. The van der Waals surface area contributed by atoms with Gasteiger partial charge >= 0.3 is 0 Å². The Morgan fingerprint density at radius 3 is 2.57 bits per heavy atom. The Kier molecular flexibility index (Phi) is 6.11. The van der Waals surface area contributed by atoms with Gasteiger partial charge in [-0.05, 0) is 43.2 Å². The lowest BCUT2D eigenvalue weighted by Gasteiger charge is -2.31. The molecule has 0 spiro atoms. The Balaban J connectivity index is 1.35. The third-order valence-corrected chi connectivity index (χ3v) is 6.42. The van der Waals surface area contributed by atoms with Crippen molar-refractivity contribution in [3.05, 3.63) is 70.4 Å². The average molecular weight is 444 g/mol. The molecule has 5 nitrogen and oxygen atoms in total. The summed E-state index contributed by atoms with van der Waals surface area (Å²) in [5.41, 5.74) is 0.493. The Morgan fingerprint density at radius 2 is 1.87 bits per heavy atom. The van der Waals surface area contributed by atoms with Crippen LogP contribution in [-0.4, -0.2) is 34.8 Å². The first-order valence-electron chi connectivity index (χ1n) is 9.57. The molecule has 2 amide bonds. The van der Waals surface area contributed by atoms with Crippen molar-refractivity contribution in [1.29, 1.82) is 0 Å². The monoisotopic (exact) mass is 443 g/mol. The van der Waals surface area contributed by atoms with Crippen molar-refractivity contribution >= 4 is 40.6 Å². The van der Waals surface area contributed by atoms with Crippen molar-refractivity contribution in [1.82, 2.24) is 9.88 Å². The number of carbonyl (C=O) groups is 2. The fourth-order valence-electron chi connectivity index (χ4n) is 3.44. The van der Waals surface area contributed by atoms with Crippen LogP contribution in [0.15, 0.2) is 54.7 Å². The van der Waals surface area contributed by atoms with Crippen LogP contribution in [0.2, 0.25) is 5.02 Å². The minimum Gasteiger partial charge on any atom is -0.338 e. The van der Waals surface area contributed by atoms with E-state index >= 15 is 0 Å². The van der Waals surface area contributed by atoms with Crippen molar-refractivity contribution in [2.45, 2.75) is 12.8 Å². The molecule has 1 aliphatic heterocycles. The zero-order chi connectivity index (χ0) is 21.1. The highest BCUT2D eigenvalue weighted by Crippen LogP contribution is 2.31. The number of piperidine rings is 1. The van der Waals surface area contributed by atoms with Crippen molar-refractivity contribution in [3.8, 4) is 10.4 Å². The number of nitrogens with one attached hydrogen (secondary N) is 1. The SMILES string of the molecule is O=C(Nc1ccc(Cl)cn1)C1CCN(C(=O)c2ccc(-c3ccccc3F)s2)CC1. The molecule has 0 unspecified atom stereocenters. The molecule has 0 saturated carbocycles. The molecule has 1 saturated heterocycles. The summed E-state index contributed by atoms with van der Waals surface area (Å²) >= 11 is 7.09. The summed E-state index contributed by atoms with van der Waals surface area (Å²) in [7, 11) is 0. The molecule has 2 aromatic heterocycles.